The molecule has 0 saturated carbocycles. The van der Waals surface area contributed by atoms with Crippen molar-refractivity contribution in [2.75, 3.05) is 0 Å². The lowest BCUT2D eigenvalue weighted by Crippen LogP contribution is -2.02. The molecule has 104 valence electrons. The van der Waals surface area contributed by atoms with E-state index in [2.05, 4.69) is 0 Å². The highest BCUT2D eigenvalue weighted by Crippen LogP contribution is 2.37. The zero-order valence-electron chi connectivity index (χ0n) is 9.96. The minimum Gasteiger partial charge on any atom is -0.481 e. The summed E-state index contributed by atoms with van der Waals surface area (Å²) in [4.78, 5) is 10.9. The first kappa shape index (κ1) is 15.5. The van der Waals surface area contributed by atoms with E-state index < -0.39 is 5.97 Å². The van der Waals surface area contributed by atoms with Crippen LogP contribution in [0, 0.1) is 0 Å². The van der Waals surface area contributed by atoms with E-state index >= 15 is 0 Å². The molecule has 0 amide bonds. The molecule has 0 aromatic heterocycles. The second kappa shape index (κ2) is 6.23. The van der Waals surface area contributed by atoms with Crippen molar-refractivity contribution in [1.29, 1.82) is 0 Å². The van der Waals surface area contributed by atoms with Crippen molar-refractivity contribution in [3.63, 3.8) is 0 Å². The Hall–Kier alpha value is -0.930. The highest BCUT2D eigenvalue weighted by molar-refractivity contribution is 6.44. The van der Waals surface area contributed by atoms with Gasteiger partial charge in [-0.3, -0.25) is 4.79 Å². The minimum absolute atomic E-state index is 0.160. The summed E-state index contributed by atoms with van der Waals surface area (Å²) in [5.41, 5.74) is 1.85. The third-order valence-electron chi connectivity index (χ3n) is 2.71. The lowest BCUT2D eigenvalue weighted by molar-refractivity contribution is -0.136. The van der Waals surface area contributed by atoms with Crippen LogP contribution in [0.15, 0.2) is 30.3 Å². The Morgan fingerprint density at radius 2 is 1.55 bits per heavy atom. The second-order valence-corrected chi connectivity index (χ2v) is 5.78. The van der Waals surface area contributed by atoms with Crippen LogP contribution >= 0.6 is 46.4 Å². The molecular formula is C14H8Cl4O2. The first-order valence-corrected chi connectivity index (χ1v) is 7.05. The molecule has 0 aliphatic carbocycles. The quantitative estimate of drug-likeness (QED) is 0.733. The molecule has 2 rings (SSSR count). The van der Waals surface area contributed by atoms with Crippen LogP contribution < -0.4 is 0 Å². The van der Waals surface area contributed by atoms with Crippen LogP contribution in [0.5, 0.6) is 0 Å². The molecule has 0 spiro atoms. The fourth-order valence-corrected chi connectivity index (χ4v) is 2.71. The Kier molecular flexibility index (Phi) is 4.82. The normalized spacial score (nSPS) is 10.6. The zero-order valence-corrected chi connectivity index (χ0v) is 13.0. The molecule has 0 radical (unpaired) electrons. The van der Waals surface area contributed by atoms with E-state index in [0.717, 1.165) is 0 Å². The van der Waals surface area contributed by atoms with Gasteiger partial charge in [0.15, 0.2) is 0 Å². The predicted octanol–water partition coefficient (Wildman–Crippen LogP) is 5.59. The first-order chi connectivity index (χ1) is 9.38. The van der Waals surface area contributed by atoms with Crippen LogP contribution in [0.25, 0.3) is 11.1 Å². The van der Waals surface area contributed by atoms with Gasteiger partial charge in [0.25, 0.3) is 0 Å². The Labute approximate surface area is 135 Å². The lowest BCUT2D eigenvalue weighted by atomic mass is 9.97. The standard InChI is InChI=1S/C14H8Cl4O2/c15-8-1-2-9(7(3-8)4-14(19)20)10-5-12(17)13(18)6-11(10)16/h1-3,5-6H,4H2,(H,19,20). The van der Waals surface area contributed by atoms with Crippen LogP contribution in [0.2, 0.25) is 20.1 Å². The summed E-state index contributed by atoms with van der Waals surface area (Å²) in [6.07, 6.45) is -0.160. The van der Waals surface area contributed by atoms with Crippen LogP contribution in [-0.2, 0) is 11.2 Å². The summed E-state index contributed by atoms with van der Waals surface area (Å²) in [7, 11) is 0. The van der Waals surface area contributed by atoms with Crippen molar-refractivity contribution in [1.82, 2.24) is 0 Å². The molecule has 0 bridgehead atoms. The number of carboxylic acids is 1. The zero-order chi connectivity index (χ0) is 14.9. The molecule has 0 heterocycles. The summed E-state index contributed by atoms with van der Waals surface area (Å²) in [5, 5.41) is 10.5. The highest BCUT2D eigenvalue weighted by atomic mass is 35.5. The number of halogens is 4. The molecule has 0 aliphatic rings. The van der Waals surface area contributed by atoms with Gasteiger partial charge in [0.1, 0.15) is 0 Å². The number of benzene rings is 2. The van der Waals surface area contributed by atoms with Gasteiger partial charge in [0.2, 0.25) is 0 Å². The smallest absolute Gasteiger partial charge is 0.307 e. The molecule has 2 aromatic rings. The maximum absolute atomic E-state index is 10.9. The number of aliphatic carboxylic acids is 1. The van der Waals surface area contributed by atoms with Crippen molar-refractivity contribution in [2.45, 2.75) is 6.42 Å². The molecular weight excluding hydrogens is 342 g/mol. The molecule has 0 saturated heterocycles. The van der Waals surface area contributed by atoms with Gasteiger partial charge in [-0.1, -0.05) is 52.5 Å². The summed E-state index contributed by atoms with van der Waals surface area (Å²) in [6, 6.07) is 8.12. The van der Waals surface area contributed by atoms with Crippen molar-refractivity contribution in [3.05, 3.63) is 56.0 Å². The molecule has 2 nitrogen and oxygen atoms in total. The van der Waals surface area contributed by atoms with Crippen LogP contribution in [0.4, 0.5) is 0 Å². The molecule has 6 heteroatoms. The maximum atomic E-state index is 10.9. The Morgan fingerprint density at radius 1 is 0.900 bits per heavy atom. The number of hydrogen-bond donors (Lipinski definition) is 1. The number of carboxylic acid groups (broad SMARTS) is 1. The van der Waals surface area contributed by atoms with Crippen molar-refractivity contribution >= 4 is 52.4 Å². The molecule has 2 aromatic carbocycles. The van der Waals surface area contributed by atoms with E-state index in [-0.39, 0.29) is 6.42 Å². The highest BCUT2D eigenvalue weighted by Gasteiger charge is 2.14. The lowest BCUT2D eigenvalue weighted by Gasteiger charge is -2.11. The van der Waals surface area contributed by atoms with Crippen LogP contribution in [-0.4, -0.2) is 11.1 Å². The third-order valence-corrected chi connectivity index (χ3v) is 3.98. The molecule has 20 heavy (non-hydrogen) atoms. The number of hydrogen-bond acceptors (Lipinski definition) is 1. The van der Waals surface area contributed by atoms with E-state index in [4.69, 9.17) is 51.5 Å². The van der Waals surface area contributed by atoms with Crippen molar-refractivity contribution in [2.24, 2.45) is 0 Å². The SMILES string of the molecule is O=C(O)Cc1cc(Cl)ccc1-c1cc(Cl)c(Cl)cc1Cl. The van der Waals surface area contributed by atoms with Crippen molar-refractivity contribution in [3.8, 4) is 11.1 Å². The number of rotatable bonds is 3. The molecule has 0 atom stereocenters. The monoisotopic (exact) mass is 348 g/mol. The van der Waals surface area contributed by atoms with E-state index in [0.29, 0.717) is 36.8 Å². The summed E-state index contributed by atoms with van der Waals surface area (Å²) < 4.78 is 0. The topological polar surface area (TPSA) is 37.3 Å². The molecule has 0 fully saturated rings. The summed E-state index contributed by atoms with van der Waals surface area (Å²) in [6.45, 7) is 0. The first-order valence-electron chi connectivity index (χ1n) is 5.53. The number of carbonyl (C=O) groups is 1. The Balaban J connectivity index is 2.63. The van der Waals surface area contributed by atoms with Crippen LogP contribution in [0.1, 0.15) is 5.56 Å². The van der Waals surface area contributed by atoms with E-state index in [1.807, 2.05) is 0 Å². The van der Waals surface area contributed by atoms with E-state index in [1.54, 1.807) is 24.3 Å². The van der Waals surface area contributed by atoms with Gasteiger partial charge >= 0.3 is 5.97 Å². The molecule has 1 N–H and O–H groups in total. The largest absolute Gasteiger partial charge is 0.481 e. The summed E-state index contributed by atoms with van der Waals surface area (Å²) >= 11 is 24.0. The van der Waals surface area contributed by atoms with Gasteiger partial charge in [0, 0.05) is 15.6 Å². The summed E-state index contributed by atoms with van der Waals surface area (Å²) in [5.74, 6) is -0.954. The predicted molar refractivity (Wildman–Crippen MR) is 83.3 cm³/mol. The van der Waals surface area contributed by atoms with Gasteiger partial charge in [-0.15, -0.1) is 0 Å². The third kappa shape index (κ3) is 3.39. The van der Waals surface area contributed by atoms with Gasteiger partial charge in [-0.05, 0) is 35.4 Å². The average Bonchev–Trinajstić information content (AvgIpc) is 2.34. The van der Waals surface area contributed by atoms with Gasteiger partial charge in [-0.25, -0.2) is 0 Å². The minimum atomic E-state index is -0.954. The second-order valence-electron chi connectivity index (χ2n) is 4.12. The van der Waals surface area contributed by atoms with Gasteiger partial charge in [0.05, 0.1) is 16.5 Å². The van der Waals surface area contributed by atoms with Gasteiger partial charge in [-0.2, -0.15) is 0 Å². The van der Waals surface area contributed by atoms with Gasteiger partial charge < -0.3 is 5.11 Å². The van der Waals surface area contributed by atoms with E-state index in [9.17, 15) is 4.79 Å². The fourth-order valence-electron chi connectivity index (χ4n) is 1.86. The fraction of sp³-hybridized carbons (Fsp3) is 0.0714. The van der Waals surface area contributed by atoms with Crippen molar-refractivity contribution < 1.29 is 9.90 Å². The Morgan fingerprint density at radius 3 is 2.20 bits per heavy atom. The molecule has 0 unspecified atom stereocenters. The van der Waals surface area contributed by atoms with E-state index in [1.165, 1.54) is 6.07 Å². The molecule has 0 aliphatic heterocycles. The Bertz CT molecular complexity index is 683. The average molecular weight is 350 g/mol. The van der Waals surface area contributed by atoms with Crippen LogP contribution in [0.3, 0.4) is 0 Å². The maximum Gasteiger partial charge on any atom is 0.307 e.